The van der Waals surface area contributed by atoms with Gasteiger partial charge >= 0.3 is 5.97 Å². The van der Waals surface area contributed by atoms with Gasteiger partial charge in [-0.05, 0) is 0 Å². The summed E-state index contributed by atoms with van der Waals surface area (Å²) in [6, 6.07) is 0. The molecule has 88 valence electrons. The second-order valence-corrected chi connectivity index (χ2v) is 4.21. The van der Waals surface area contributed by atoms with Crippen molar-refractivity contribution in [2.75, 3.05) is 26.3 Å². The topological polar surface area (TPSA) is 78.8 Å². The Balaban J connectivity index is 2.21. The molecule has 1 unspecified atom stereocenters. The number of rotatable bonds is 5. The summed E-state index contributed by atoms with van der Waals surface area (Å²) in [7, 11) is 0. The second kappa shape index (κ2) is 5.44. The van der Waals surface area contributed by atoms with Gasteiger partial charge < -0.3 is 20.3 Å². The lowest BCUT2D eigenvalue weighted by Crippen LogP contribution is -2.46. The van der Waals surface area contributed by atoms with E-state index in [-0.39, 0.29) is 0 Å². The minimum atomic E-state index is -0.818. The maximum Gasteiger partial charge on any atom is 0.307 e. The average molecular weight is 217 g/mol. The lowest BCUT2D eigenvalue weighted by Gasteiger charge is -2.32. The van der Waals surface area contributed by atoms with Crippen molar-refractivity contribution in [3.05, 3.63) is 0 Å². The molecule has 1 rings (SSSR count). The Labute approximate surface area is 89.4 Å². The van der Waals surface area contributed by atoms with Crippen molar-refractivity contribution >= 4 is 5.97 Å². The monoisotopic (exact) mass is 217 g/mol. The predicted molar refractivity (Wildman–Crippen MR) is 54.7 cm³/mol. The van der Waals surface area contributed by atoms with Crippen molar-refractivity contribution in [1.82, 2.24) is 5.32 Å². The molecule has 0 aliphatic carbocycles. The van der Waals surface area contributed by atoms with Gasteiger partial charge in [0.1, 0.15) is 0 Å². The zero-order valence-corrected chi connectivity index (χ0v) is 9.03. The maximum absolute atomic E-state index is 10.5. The predicted octanol–water partition coefficient (Wildman–Crippen LogP) is -0.162. The minimum Gasteiger partial charge on any atom is -0.481 e. The molecular weight excluding hydrogens is 198 g/mol. The highest BCUT2D eigenvalue weighted by molar-refractivity contribution is 5.69. The maximum atomic E-state index is 10.5. The molecule has 5 heteroatoms. The summed E-state index contributed by atoms with van der Waals surface area (Å²) < 4.78 is 5.15. The first-order valence-electron chi connectivity index (χ1n) is 5.27. The normalized spacial score (nSPS) is 22.3. The van der Waals surface area contributed by atoms with E-state index in [2.05, 4.69) is 5.32 Å². The third kappa shape index (κ3) is 4.15. The summed E-state index contributed by atoms with van der Waals surface area (Å²) >= 11 is 0. The SMILES string of the molecule is CC(CNCC1(O)CCOCC1)C(=O)O. The van der Waals surface area contributed by atoms with Crippen LogP contribution in [0.25, 0.3) is 0 Å². The molecule has 0 aromatic heterocycles. The van der Waals surface area contributed by atoms with E-state index in [1.54, 1.807) is 6.92 Å². The first-order chi connectivity index (χ1) is 7.03. The summed E-state index contributed by atoms with van der Waals surface area (Å²) in [5.74, 6) is -1.24. The van der Waals surface area contributed by atoms with E-state index in [0.29, 0.717) is 39.1 Å². The Hall–Kier alpha value is -0.650. The van der Waals surface area contributed by atoms with Crippen molar-refractivity contribution in [2.24, 2.45) is 5.92 Å². The van der Waals surface area contributed by atoms with E-state index in [0.717, 1.165) is 0 Å². The molecule has 1 fully saturated rings. The standard InChI is InChI=1S/C10H19NO4/c1-8(9(12)13)6-11-7-10(14)2-4-15-5-3-10/h8,11,14H,2-7H2,1H3,(H,12,13). The van der Waals surface area contributed by atoms with Crippen LogP contribution in [0, 0.1) is 5.92 Å². The van der Waals surface area contributed by atoms with Crippen molar-refractivity contribution < 1.29 is 19.7 Å². The van der Waals surface area contributed by atoms with Gasteiger partial charge in [0, 0.05) is 39.1 Å². The number of aliphatic hydroxyl groups is 1. The van der Waals surface area contributed by atoms with Gasteiger partial charge in [-0.15, -0.1) is 0 Å². The molecule has 1 saturated heterocycles. The van der Waals surface area contributed by atoms with Gasteiger partial charge in [0.25, 0.3) is 0 Å². The van der Waals surface area contributed by atoms with Gasteiger partial charge in [-0.2, -0.15) is 0 Å². The fourth-order valence-electron chi connectivity index (χ4n) is 1.54. The molecule has 1 aliphatic rings. The number of ether oxygens (including phenoxy) is 1. The van der Waals surface area contributed by atoms with Crippen LogP contribution in [0.1, 0.15) is 19.8 Å². The van der Waals surface area contributed by atoms with Crippen molar-refractivity contribution in [2.45, 2.75) is 25.4 Å². The van der Waals surface area contributed by atoms with E-state index in [1.165, 1.54) is 0 Å². The summed E-state index contributed by atoms with van der Waals surface area (Å²) in [4.78, 5) is 10.5. The Morgan fingerprint density at radius 2 is 2.13 bits per heavy atom. The van der Waals surface area contributed by atoms with E-state index < -0.39 is 17.5 Å². The second-order valence-electron chi connectivity index (χ2n) is 4.21. The average Bonchev–Trinajstić information content (AvgIpc) is 2.18. The number of hydrogen-bond acceptors (Lipinski definition) is 4. The number of carboxylic acids is 1. The summed E-state index contributed by atoms with van der Waals surface area (Å²) in [5, 5.41) is 21.7. The fourth-order valence-corrected chi connectivity index (χ4v) is 1.54. The first-order valence-corrected chi connectivity index (χ1v) is 5.27. The molecule has 1 aliphatic heterocycles. The van der Waals surface area contributed by atoms with Crippen LogP contribution >= 0.6 is 0 Å². The molecule has 0 spiro atoms. The van der Waals surface area contributed by atoms with Crippen molar-refractivity contribution in [3.63, 3.8) is 0 Å². The third-order valence-electron chi connectivity index (χ3n) is 2.75. The van der Waals surface area contributed by atoms with Crippen LogP contribution in [0.3, 0.4) is 0 Å². The van der Waals surface area contributed by atoms with Gasteiger partial charge in [-0.3, -0.25) is 4.79 Å². The highest BCUT2D eigenvalue weighted by Gasteiger charge is 2.29. The van der Waals surface area contributed by atoms with E-state index in [4.69, 9.17) is 9.84 Å². The molecule has 3 N–H and O–H groups in total. The Kier molecular flexibility index (Phi) is 4.50. The largest absolute Gasteiger partial charge is 0.481 e. The molecule has 0 saturated carbocycles. The van der Waals surface area contributed by atoms with E-state index in [1.807, 2.05) is 0 Å². The zero-order valence-electron chi connectivity index (χ0n) is 9.03. The summed E-state index contributed by atoms with van der Waals surface area (Å²) in [6.45, 7) is 3.62. The van der Waals surface area contributed by atoms with Crippen molar-refractivity contribution in [1.29, 1.82) is 0 Å². The van der Waals surface area contributed by atoms with Crippen LogP contribution in [0.2, 0.25) is 0 Å². The van der Waals surface area contributed by atoms with E-state index in [9.17, 15) is 9.90 Å². The van der Waals surface area contributed by atoms with Gasteiger partial charge in [0.15, 0.2) is 0 Å². The van der Waals surface area contributed by atoms with Crippen LogP contribution in [0.15, 0.2) is 0 Å². The molecule has 15 heavy (non-hydrogen) atoms. The number of aliphatic carboxylic acids is 1. The molecular formula is C10H19NO4. The van der Waals surface area contributed by atoms with Gasteiger partial charge in [-0.1, -0.05) is 6.92 Å². The van der Waals surface area contributed by atoms with Gasteiger partial charge in [0.05, 0.1) is 11.5 Å². The smallest absolute Gasteiger partial charge is 0.307 e. The molecule has 0 amide bonds. The van der Waals surface area contributed by atoms with Crippen LogP contribution in [-0.4, -0.2) is 48.1 Å². The highest BCUT2D eigenvalue weighted by Crippen LogP contribution is 2.19. The molecule has 0 aromatic rings. The fraction of sp³-hybridized carbons (Fsp3) is 0.900. The summed E-state index contributed by atoms with van der Waals surface area (Å²) in [5.41, 5.74) is -0.726. The van der Waals surface area contributed by atoms with Crippen LogP contribution in [-0.2, 0) is 9.53 Å². The Morgan fingerprint density at radius 3 is 2.67 bits per heavy atom. The molecule has 0 radical (unpaired) electrons. The number of carbonyl (C=O) groups is 1. The molecule has 1 atom stereocenters. The minimum absolute atomic E-state index is 0.387. The van der Waals surface area contributed by atoms with Gasteiger partial charge in [-0.25, -0.2) is 0 Å². The lowest BCUT2D eigenvalue weighted by atomic mass is 9.94. The Morgan fingerprint density at radius 1 is 1.53 bits per heavy atom. The number of hydrogen-bond donors (Lipinski definition) is 3. The molecule has 5 nitrogen and oxygen atoms in total. The van der Waals surface area contributed by atoms with E-state index >= 15 is 0 Å². The molecule has 0 bridgehead atoms. The number of nitrogens with one attached hydrogen (secondary N) is 1. The quantitative estimate of drug-likeness (QED) is 0.596. The van der Waals surface area contributed by atoms with Crippen LogP contribution < -0.4 is 5.32 Å². The Bertz CT molecular complexity index is 213. The van der Waals surface area contributed by atoms with Gasteiger partial charge in [0.2, 0.25) is 0 Å². The summed E-state index contributed by atoms with van der Waals surface area (Å²) in [6.07, 6.45) is 1.23. The molecule has 0 aromatic carbocycles. The zero-order chi connectivity index (χ0) is 11.3. The molecule has 1 heterocycles. The highest BCUT2D eigenvalue weighted by atomic mass is 16.5. The number of carboxylic acid groups (broad SMARTS) is 1. The van der Waals surface area contributed by atoms with Crippen LogP contribution in [0.4, 0.5) is 0 Å². The first kappa shape index (κ1) is 12.4. The van der Waals surface area contributed by atoms with Crippen LogP contribution in [0.5, 0.6) is 0 Å². The van der Waals surface area contributed by atoms with Crippen molar-refractivity contribution in [3.8, 4) is 0 Å². The third-order valence-corrected chi connectivity index (χ3v) is 2.75. The lowest BCUT2D eigenvalue weighted by molar-refractivity contribution is -0.141.